The Hall–Kier alpha value is -1.84. The van der Waals surface area contributed by atoms with Gasteiger partial charge in [0.2, 0.25) is 0 Å². The third-order valence-corrected chi connectivity index (χ3v) is 2.20. The number of fused-ring (bicyclic) bond motifs is 1. The van der Waals surface area contributed by atoms with Gasteiger partial charge in [0.05, 0.1) is 11.4 Å². The van der Waals surface area contributed by atoms with Crippen LogP contribution in [0, 0.1) is 0 Å². The van der Waals surface area contributed by atoms with E-state index in [-0.39, 0.29) is 0 Å². The summed E-state index contributed by atoms with van der Waals surface area (Å²) in [7, 11) is 0. The molecule has 1 aliphatic heterocycles. The van der Waals surface area contributed by atoms with Crippen molar-refractivity contribution in [3.63, 3.8) is 0 Å². The first-order valence-electron chi connectivity index (χ1n) is 4.28. The Morgan fingerprint density at radius 1 is 1.50 bits per heavy atom. The molecule has 0 saturated carbocycles. The molecule has 1 heterocycles. The maximum Gasteiger partial charge on any atom is 0.334 e. The molecule has 0 aromatic heterocycles. The highest BCUT2D eigenvalue weighted by Gasteiger charge is 2.33. The van der Waals surface area contributed by atoms with Crippen molar-refractivity contribution in [3.8, 4) is 0 Å². The minimum Gasteiger partial charge on any atom is -0.479 e. The van der Waals surface area contributed by atoms with Crippen LogP contribution in [0.5, 0.6) is 0 Å². The molecule has 1 atom stereocenters. The van der Waals surface area contributed by atoms with Crippen LogP contribution in [0.3, 0.4) is 0 Å². The second kappa shape index (κ2) is 2.83. The van der Waals surface area contributed by atoms with Gasteiger partial charge in [0.25, 0.3) is 0 Å². The molecule has 14 heavy (non-hydrogen) atoms. The summed E-state index contributed by atoms with van der Waals surface area (Å²) >= 11 is 0. The molecule has 0 saturated heterocycles. The van der Waals surface area contributed by atoms with E-state index in [0.717, 1.165) is 11.4 Å². The summed E-state index contributed by atoms with van der Waals surface area (Å²) < 4.78 is 0. The molecule has 4 nitrogen and oxygen atoms in total. The third kappa shape index (κ3) is 1.25. The number of carboxylic acid groups (broad SMARTS) is 1. The number of nitrogens with one attached hydrogen (secondary N) is 1. The number of rotatable bonds is 1. The van der Waals surface area contributed by atoms with Crippen molar-refractivity contribution in [1.82, 2.24) is 0 Å². The van der Waals surface area contributed by atoms with Crippen molar-refractivity contribution in [2.45, 2.75) is 12.5 Å². The predicted octanol–water partition coefficient (Wildman–Crippen LogP) is 1.66. The van der Waals surface area contributed by atoms with Crippen LogP contribution in [0.25, 0.3) is 0 Å². The highest BCUT2D eigenvalue weighted by molar-refractivity contribution is 6.05. The minimum atomic E-state index is -1.10. The number of hydrogen-bond acceptors (Lipinski definition) is 3. The van der Waals surface area contributed by atoms with Crippen LogP contribution in [-0.2, 0) is 4.79 Å². The lowest BCUT2D eigenvalue weighted by Gasteiger charge is -2.27. The van der Waals surface area contributed by atoms with E-state index >= 15 is 0 Å². The predicted molar refractivity (Wildman–Crippen MR) is 54.3 cm³/mol. The molecule has 1 unspecified atom stereocenters. The highest BCUT2D eigenvalue weighted by atomic mass is 16.4. The van der Waals surface area contributed by atoms with Gasteiger partial charge in [-0.1, -0.05) is 12.1 Å². The van der Waals surface area contributed by atoms with Crippen molar-refractivity contribution >= 4 is 23.6 Å². The summed E-state index contributed by atoms with van der Waals surface area (Å²) in [5.41, 5.74) is 0.417. The van der Waals surface area contributed by atoms with E-state index in [0.29, 0.717) is 0 Å². The van der Waals surface area contributed by atoms with Crippen molar-refractivity contribution in [2.24, 2.45) is 4.99 Å². The second-order valence-corrected chi connectivity index (χ2v) is 3.41. The number of benzene rings is 1. The van der Waals surface area contributed by atoms with Crippen molar-refractivity contribution in [2.75, 3.05) is 5.32 Å². The maximum absolute atomic E-state index is 10.9. The van der Waals surface area contributed by atoms with Crippen LogP contribution in [-0.4, -0.2) is 22.8 Å². The number of aliphatic imine (C=N–C) groups is 1. The molecule has 0 aliphatic carbocycles. The summed E-state index contributed by atoms with van der Waals surface area (Å²) in [5, 5.41) is 11.9. The third-order valence-electron chi connectivity index (χ3n) is 2.20. The smallest absolute Gasteiger partial charge is 0.334 e. The van der Waals surface area contributed by atoms with Gasteiger partial charge in [0, 0.05) is 6.21 Å². The van der Waals surface area contributed by atoms with E-state index in [2.05, 4.69) is 10.3 Å². The maximum atomic E-state index is 10.9. The van der Waals surface area contributed by atoms with Crippen LogP contribution in [0.2, 0.25) is 0 Å². The SMILES string of the molecule is CC1(C(=O)O)C=Nc2ccccc2N1. The first-order valence-corrected chi connectivity index (χ1v) is 4.28. The summed E-state index contributed by atoms with van der Waals surface area (Å²) in [6.07, 6.45) is 1.41. The van der Waals surface area contributed by atoms with Crippen LogP contribution in [0.4, 0.5) is 11.4 Å². The Morgan fingerprint density at radius 2 is 2.21 bits per heavy atom. The first kappa shape index (κ1) is 8.74. The molecule has 0 spiro atoms. The molecule has 0 bridgehead atoms. The Balaban J connectivity index is 2.43. The van der Waals surface area contributed by atoms with Gasteiger partial charge >= 0.3 is 5.97 Å². The van der Waals surface area contributed by atoms with Gasteiger partial charge in [-0.15, -0.1) is 0 Å². The van der Waals surface area contributed by atoms with E-state index in [9.17, 15) is 4.79 Å². The summed E-state index contributed by atoms with van der Waals surface area (Å²) in [6, 6.07) is 7.35. The van der Waals surface area contributed by atoms with Gasteiger partial charge in [-0.25, -0.2) is 4.79 Å². The lowest BCUT2D eigenvalue weighted by Crippen LogP contribution is -2.46. The van der Waals surface area contributed by atoms with Gasteiger partial charge < -0.3 is 10.4 Å². The van der Waals surface area contributed by atoms with Gasteiger partial charge in [0.1, 0.15) is 0 Å². The Kier molecular flexibility index (Phi) is 1.77. The fourth-order valence-corrected chi connectivity index (χ4v) is 1.31. The first-order chi connectivity index (χ1) is 6.62. The molecule has 2 rings (SSSR count). The van der Waals surface area contributed by atoms with Crippen LogP contribution in [0.15, 0.2) is 29.3 Å². The molecule has 0 fully saturated rings. The minimum absolute atomic E-state index is 0.750. The van der Waals surface area contributed by atoms with Gasteiger partial charge in [-0.05, 0) is 19.1 Å². The van der Waals surface area contributed by atoms with Crippen molar-refractivity contribution < 1.29 is 9.90 Å². The van der Waals surface area contributed by atoms with Crippen molar-refractivity contribution in [1.29, 1.82) is 0 Å². The Morgan fingerprint density at radius 3 is 2.93 bits per heavy atom. The fraction of sp³-hybridized carbons (Fsp3) is 0.200. The Bertz CT molecular complexity index is 414. The number of nitrogens with zero attached hydrogens (tertiary/aromatic N) is 1. The second-order valence-electron chi connectivity index (χ2n) is 3.41. The largest absolute Gasteiger partial charge is 0.479 e. The van der Waals surface area contributed by atoms with E-state index in [1.165, 1.54) is 6.21 Å². The molecule has 1 aromatic carbocycles. The zero-order valence-electron chi connectivity index (χ0n) is 7.69. The Labute approximate surface area is 81.3 Å². The zero-order chi connectivity index (χ0) is 10.2. The summed E-state index contributed by atoms with van der Waals surface area (Å²) in [5.74, 6) is -0.934. The van der Waals surface area contributed by atoms with Gasteiger partial charge in [-0.3, -0.25) is 4.99 Å². The molecule has 4 heteroatoms. The molecule has 1 aromatic rings. The topological polar surface area (TPSA) is 61.7 Å². The average Bonchev–Trinajstić information content (AvgIpc) is 2.17. The number of hydrogen-bond donors (Lipinski definition) is 2. The monoisotopic (exact) mass is 190 g/mol. The number of anilines is 1. The molecule has 1 aliphatic rings. The standard InChI is InChI=1S/C10H10N2O2/c1-10(9(13)14)6-11-7-4-2-3-5-8(7)12-10/h2-6,12H,1H3,(H,13,14). The lowest BCUT2D eigenvalue weighted by atomic mass is 10.0. The quantitative estimate of drug-likeness (QED) is 0.707. The van der Waals surface area contributed by atoms with E-state index in [1.54, 1.807) is 6.92 Å². The molecule has 72 valence electrons. The molecular weight excluding hydrogens is 180 g/mol. The van der Waals surface area contributed by atoms with E-state index in [1.807, 2.05) is 24.3 Å². The molecule has 0 radical (unpaired) electrons. The summed E-state index contributed by atoms with van der Waals surface area (Å²) in [4.78, 5) is 15.0. The normalized spacial score (nSPS) is 23.8. The average molecular weight is 190 g/mol. The van der Waals surface area contributed by atoms with Crippen LogP contribution in [0.1, 0.15) is 6.92 Å². The number of para-hydroxylation sites is 2. The lowest BCUT2D eigenvalue weighted by molar-refractivity contribution is -0.139. The fourth-order valence-electron chi connectivity index (χ4n) is 1.31. The van der Waals surface area contributed by atoms with Gasteiger partial charge in [0.15, 0.2) is 5.54 Å². The molecular formula is C10H10N2O2. The summed E-state index contributed by atoms with van der Waals surface area (Å²) in [6.45, 7) is 1.58. The zero-order valence-corrected chi connectivity index (χ0v) is 7.69. The molecule has 0 amide bonds. The van der Waals surface area contributed by atoms with E-state index in [4.69, 9.17) is 5.11 Å². The van der Waals surface area contributed by atoms with Crippen LogP contribution < -0.4 is 5.32 Å². The van der Waals surface area contributed by atoms with Crippen molar-refractivity contribution in [3.05, 3.63) is 24.3 Å². The molecule has 2 N–H and O–H groups in total. The number of aliphatic carboxylic acids is 1. The van der Waals surface area contributed by atoms with Gasteiger partial charge in [-0.2, -0.15) is 0 Å². The number of carboxylic acids is 1. The van der Waals surface area contributed by atoms with Crippen LogP contribution >= 0.6 is 0 Å². The van der Waals surface area contributed by atoms with E-state index < -0.39 is 11.5 Å². The highest BCUT2D eigenvalue weighted by Crippen LogP contribution is 2.30. The number of carbonyl (C=O) groups is 1.